The molecule has 0 fully saturated rings. The van der Waals surface area contributed by atoms with Crippen LogP contribution < -0.4 is 5.32 Å². The summed E-state index contributed by atoms with van der Waals surface area (Å²) >= 11 is 0. The van der Waals surface area contributed by atoms with Crippen LogP contribution in [0.25, 0.3) is 0 Å². The van der Waals surface area contributed by atoms with E-state index in [-0.39, 0.29) is 11.9 Å². The second kappa shape index (κ2) is 6.27. The first-order valence-electron chi connectivity index (χ1n) is 6.77. The Bertz CT molecular complexity index is 576. The monoisotopic (exact) mass is 273 g/mol. The van der Waals surface area contributed by atoms with E-state index < -0.39 is 0 Å². The summed E-state index contributed by atoms with van der Waals surface area (Å²) in [5.74, 6) is 1.31. The van der Waals surface area contributed by atoms with Gasteiger partial charge in [-0.3, -0.25) is 4.79 Å². The third-order valence-electron chi connectivity index (χ3n) is 3.05. The minimum atomic E-state index is -0.187. The Hall–Kier alpha value is -2.24. The zero-order valence-corrected chi connectivity index (χ0v) is 12.0. The van der Waals surface area contributed by atoms with Crippen LogP contribution in [-0.2, 0) is 6.42 Å². The Morgan fingerprint density at radius 1 is 1.25 bits per heavy atom. The van der Waals surface area contributed by atoms with Crippen LogP contribution >= 0.6 is 0 Å². The lowest BCUT2D eigenvalue weighted by Crippen LogP contribution is -2.29. The Morgan fingerprint density at radius 2 is 1.95 bits per heavy atom. The highest BCUT2D eigenvalue weighted by atomic mass is 16.1. The number of carbonyl (C=O) groups is 1. The van der Waals surface area contributed by atoms with E-state index in [1.54, 1.807) is 18.6 Å². The second-order valence-corrected chi connectivity index (χ2v) is 4.63. The Kier molecular flexibility index (Phi) is 4.45. The van der Waals surface area contributed by atoms with E-state index in [0.717, 1.165) is 30.2 Å². The minimum absolute atomic E-state index is 0.137. The van der Waals surface area contributed by atoms with Gasteiger partial charge in [-0.2, -0.15) is 0 Å². The summed E-state index contributed by atoms with van der Waals surface area (Å²) in [6.07, 6.45) is 6.38. The lowest BCUT2D eigenvalue weighted by atomic mass is 10.2. The van der Waals surface area contributed by atoms with Crippen LogP contribution in [0.3, 0.4) is 0 Å². The van der Waals surface area contributed by atoms with Crippen molar-refractivity contribution in [2.45, 2.75) is 39.7 Å². The molecular formula is C14H19N5O. The van der Waals surface area contributed by atoms with Gasteiger partial charge < -0.3 is 10.3 Å². The normalized spacial score (nSPS) is 12.2. The lowest BCUT2D eigenvalue weighted by Gasteiger charge is -2.14. The quantitative estimate of drug-likeness (QED) is 0.872. The number of aryl methyl sites for hydroxylation is 2. The molecule has 0 aliphatic heterocycles. The molecule has 0 saturated carbocycles. The molecule has 0 spiro atoms. The number of amides is 1. The van der Waals surface area contributed by atoms with Gasteiger partial charge in [-0.15, -0.1) is 0 Å². The molecule has 2 N–H and O–H groups in total. The van der Waals surface area contributed by atoms with Crippen molar-refractivity contribution in [3.05, 3.63) is 41.5 Å². The SMILES string of the molecule is CCc1ncc(C(=O)N[C@H](CC)c2ncc(C)[nH]2)cn1. The van der Waals surface area contributed by atoms with Gasteiger partial charge >= 0.3 is 0 Å². The maximum atomic E-state index is 12.2. The second-order valence-electron chi connectivity index (χ2n) is 4.63. The molecule has 0 aliphatic rings. The van der Waals surface area contributed by atoms with Crippen LogP contribution in [-0.4, -0.2) is 25.8 Å². The summed E-state index contributed by atoms with van der Waals surface area (Å²) < 4.78 is 0. The summed E-state index contributed by atoms with van der Waals surface area (Å²) in [4.78, 5) is 27.8. The molecule has 2 aromatic rings. The Labute approximate surface area is 118 Å². The van der Waals surface area contributed by atoms with E-state index in [4.69, 9.17) is 0 Å². The van der Waals surface area contributed by atoms with Gasteiger partial charge in [0.1, 0.15) is 11.6 Å². The van der Waals surface area contributed by atoms with Crippen molar-refractivity contribution < 1.29 is 4.79 Å². The van der Waals surface area contributed by atoms with Crippen molar-refractivity contribution in [1.82, 2.24) is 25.3 Å². The van der Waals surface area contributed by atoms with E-state index in [1.807, 2.05) is 20.8 Å². The van der Waals surface area contributed by atoms with Gasteiger partial charge in [0.05, 0.1) is 11.6 Å². The van der Waals surface area contributed by atoms with Gasteiger partial charge in [0.2, 0.25) is 0 Å². The number of rotatable bonds is 5. The average Bonchev–Trinajstić information content (AvgIpc) is 2.91. The first kappa shape index (κ1) is 14.2. The van der Waals surface area contributed by atoms with Crippen LogP contribution in [0.2, 0.25) is 0 Å². The van der Waals surface area contributed by atoms with E-state index in [2.05, 4.69) is 25.3 Å². The molecule has 0 radical (unpaired) electrons. The topological polar surface area (TPSA) is 83.6 Å². The molecular weight excluding hydrogens is 254 g/mol. The number of hydrogen-bond donors (Lipinski definition) is 2. The van der Waals surface area contributed by atoms with Gasteiger partial charge in [-0.1, -0.05) is 13.8 Å². The van der Waals surface area contributed by atoms with Gasteiger partial charge in [-0.25, -0.2) is 15.0 Å². The first-order valence-corrected chi connectivity index (χ1v) is 6.77. The van der Waals surface area contributed by atoms with Gasteiger partial charge in [0.15, 0.2) is 0 Å². The average molecular weight is 273 g/mol. The number of nitrogens with zero attached hydrogens (tertiary/aromatic N) is 3. The fourth-order valence-electron chi connectivity index (χ4n) is 1.87. The van der Waals surface area contributed by atoms with Gasteiger partial charge in [-0.05, 0) is 13.3 Å². The van der Waals surface area contributed by atoms with Gasteiger partial charge in [0.25, 0.3) is 5.91 Å². The molecule has 0 aromatic carbocycles. The number of H-pyrrole nitrogens is 1. The van der Waals surface area contributed by atoms with E-state index in [9.17, 15) is 4.79 Å². The predicted molar refractivity (Wildman–Crippen MR) is 75.2 cm³/mol. The van der Waals surface area contributed by atoms with Crippen molar-refractivity contribution in [3.8, 4) is 0 Å². The summed E-state index contributed by atoms with van der Waals surface area (Å²) in [7, 11) is 0. The molecule has 106 valence electrons. The molecule has 0 aliphatic carbocycles. The summed E-state index contributed by atoms with van der Waals surface area (Å²) in [5.41, 5.74) is 1.44. The highest BCUT2D eigenvalue weighted by Gasteiger charge is 2.17. The standard InChI is InChI=1S/C14H19N5O/c1-4-11(13-17-6-9(3)18-13)19-14(20)10-7-15-12(5-2)16-8-10/h6-8,11H,4-5H2,1-3H3,(H,17,18)(H,19,20)/t11-/m1/s1. The van der Waals surface area contributed by atoms with Crippen molar-refractivity contribution in [3.63, 3.8) is 0 Å². The molecule has 0 unspecified atom stereocenters. The number of imidazole rings is 1. The molecule has 1 amide bonds. The first-order chi connectivity index (χ1) is 9.63. The minimum Gasteiger partial charge on any atom is -0.344 e. The Balaban J connectivity index is 2.08. The molecule has 6 heteroatoms. The van der Waals surface area contributed by atoms with Crippen molar-refractivity contribution in [1.29, 1.82) is 0 Å². The molecule has 1 atom stereocenters. The van der Waals surface area contributed by atoms with Gasteiger partial charge in [0, 0.05) is 30.7 Å². The number of hydrogen-bond acceptors (Lipinski definition) is 4. The molecule has 2 heterocycles. The van der Waals surface area contributed by atoms with E-state index in [0.29, 0.717) is 5.56 Å². The molecule has 2 rings (SSSR count). The maximum Gasteiger partial charge on any atom is 0.255 e. The zero-order chi connectivity index (χ0) is 14.5. The van der Waals surface area contributed by atoms with Crippen LogP contribution in [0.15, 0.2) is 18.6 Å². The van der Waals surface area contributed by atoms with Crippen molar-refractivity contribution >= 4 is 5.91 Å². The van der Waals surface area contributed by atoms with Crippen molar-refractivity contribution in [2.24, 2.45) is 0 Å². The Morgan fingerprint density at radius 3 is 2.45 bits per heavy atom. The fraction of sp³-hybridized carbons (Fsp3) is 0.429. The molecule has 20 heavy (non-hydrogen) atoms. The van der Waals surface area contributed by atoms with Crippen LogP contribution in [0.5, 0.6) is 0 Å². The smallest absolute Gasteiger partial charge is 0.255 e. The van der Waals surface area contributed by atoms with E-state index in [1.165, 1.54) is 0 Å². The highest BCUT2D eigenvalue weighted by Crippen LogP contribution is 2.13. The predicted octanol–water partition coefficient (Wildman–Crippen LogP) is 1.95. The summed E-state index contributed by atoms with van der Waals surface area (Å²) in [5, 5.41) is 2.94. The fourth-order valence-corrected chi connectivity index (χ4v) is 1.87. The number of aromatic nitrogens is 4. The van der Waals surface area contributed by atoms with Crippen LogP contribution in [0.1, 0.15) is 54.0 Å². The van der Waals surface area contributed by atoms with Crippen molar-refractivity contribution in [2.75, 3.05) is 0 Å². The van der Waals surface area contributed by atoms with Crippen LogP contribution in [0.4, 0.5) is 0 Å². The number of nitrogens with one attached hydrogen (secondary N) is 2. The zero-order valence-electron chi connectivity index (χ0n) is 12.0. The largest absolute Gasteiger partial charge is 0.344 e. The molecule has 2 aromatic heterocycles. The summed E-state index contributed by atoms with van der Waals surface area (Å²) in [6, 6.07) is -0.137. The molecule has 0 saturated heterocycles. The molecule has 6 nitrogen and oxygen atoms in total. The summed E-state index contributed by atoms with van der Waals surface area (Å²) in [6.45, 7) is 5.91. The third kappa shape index (κ3) is 3.20. The highest BCUT2D eigenvalue weighted by molar-refractivity contribution is 5.93. The van der Waals surface area contributed by atoms with E-state index >= 15 is 0 Å². The molecule has 0 bridgehead atoms. The number of aromatic amines is 1. The number of carbonyl (C=O) groups excluding carboxylic acids is 1. The lowest BCUT2D eigenvalue weighted by molar-refractivity contribution is 0.0933. The third-order valence-corrected chi connectivity index (χ3v) is 3.05. The maximum absolute atomic E-state index is 12.2. The van der Waals surface area contributed by atoms with Crippen LogP contribution in [0, 0.1) is 6.92 Å².